The van der Waals surface area contributed by atoms with E-state index in [9.17, 15) is 14.7 Å². The van der Waals surface area contributed by atoms with Crippen LogP contribution in [0.1, 0.15) is 5.56 Å². The van der Waals surface area contributed by atoms with Crippen molar-refractivity contribution in [2.45, 2.75) is 6.61 Å². The third-order valence-corrected chi connectivity index (χ3v) is 2.29. The van der Waals surface area contributed by atoms with Gasteiger partial charge in [-0.3, -0.25) is 10.2 Å². The number of hydrazine groups is 1. The quantitative estimate of drug-likeness (QED) is 0.821. The van der Waals surface area contributed by atoms with E-state index in [-0.39, 0.29) is 18.9 Å². The Bertz CT molecular complexity index is 484. The summed E-state index contributed by atoms with van der Waals surface area (Å²) in [5.41, 5.74) is 3.11. The van der Waals surface area contributed by atoms with E-state index in [0.29, 0.717) is 0 Å². The van der Waals surface area contributed by atoms with Crippen LogP contribution in [0.15, 0.2) is 42.2 Å². The second-order valence-electron chi connectivity index (χ2n) is 3.74. The molecule has 18 heavy (non-hydrogen) atoms. The number of amides is 2. The first kappa shape index (κ1) is 12.0. The summed E-state index contributed by atoms with van der Waals surface area (Å²) in [5.74, 6) is -0.745. The maximum atomic E-state index is 11.6. The van der Waals surface area contributed by atoms with Crippen molar-refractivity contribution in [1.82, 2.24) is 10.4 Å². The lowest BCUT2D eigenvalue weighted by Crippen LogP contribution is -2.49. The number of hydrogen-bond acceptors (Lipinski definition) is 4. The molecule has 1 aromatic rings. The number of aliphatic hydroxyl groups is 1. The highest BCUT2D eigenvalue weighted by molar-refractivity contribution is 5.90. The summed E-state index contributed by atoms with van der Waals surface area (Å²) in [7, 11) is 0. The fraction of sp³-hybridized carbons (Fsp3) is 0.167. The summed E-state index contributed by atoms with van der Waals surface area (Å²) < 4.78 is 5.00. The van der Waals surface area contributed by atoms with Crippen LogP contribution in [-0.2, 0) is 16.1 Å². The number of nitrogens with one attached hydrogen (secondary N) is 1. The van der Waals surface area contributed by atoms with Crippen molar-refractivity contribution >= 4 is 12.0 Å². The van der Waals surface area contributed by atoms with Crippen LogP contribution < -0.4 is 5.43 Å². The number of nitrogens with zero attached hydrogens (tertiary/aromatic N) is 1. The fourth-order valence-corrected chi connectivity index (χ4v) is 1.47. The van der Waals surface area contributed by atoms with E-state index in [1.807, 2.05) is 30.3 Å². The smallest absolute Gasteiger partial charge is 0.429 e. The molecule has 0 spiro atoms. The first-order valence-corrected chi connectivity index (χ1v) is 5.33. The Morgan fingerprint density at radius 2 is 2.11 bits per heavy atom. The molecule has 2 rings (SSSR count). The normalized spacial score (nSPS) is 14.8. The SMILES string of the molecule is O=C1C=C(O)CN(C(=O)OCc2ccccc2)N1. The summed E-state index contributed by atoms with van der Waals surface area (Å²) in [6, 6.07) is 9.17. The van der Waals surface area contributed by atoms with Gasteiger partial charge in [-0.05, 0) is 5.56 Å². The molecule has 0 atom stereocenters. The van der Waals surface area contributed by atoms with Crippen molar-refractivity contribution in [3.05, 3.63) is 47.7 Å². The van der Waals surface area contributed by atoms with Gasteiger partial charge in [0, 0.05) is 6.08 Å². The van der Waals surface area contributed by atoms with Gasteiger partial charge in [0.2, 0.25) is 0 Å². The first-order valence-electron chi connectivity index (χ1n) is 5.33. The van der Waals surface area contributed by atoms with Gasteiger partial charge in [-0.2, -0.15) is 0 Å². The number of carbonyl (C=O) groups excluding carboxylic acids is 2. The molecule has 2 N–H and O–H groups in total. The van der Waals surface area contributed by atoms with Crippen molar-refractivity contribution in [2.75, 3.05) is 6.54 Å². The predicted molar refractivity (Wildman–Crippen MR) is 62.2 cm³/mol. The molecule has 0 fully saturated rings. The average Bonchev–Trinajstić information content (AvgIpc) is 2.36. The standard InChI is InChI=1S/C12H12N2O4/c15-10-6-11(16)13-14(7-10)12(17)18-8-9-4-2-1-3-5-9/h1-6,15H,7-8H2,(H,13,16). The lowest BCUT2D eigenvalue weighted by molar-refractivity contribution is -0.121. The van der Waals surface area contributed by atoms with Crippen LogP contribution in [0.2, 0.25) is 0 Å². The molecule has 0 aromatic heterocycles. The van der Waals surface area contributed by atoms with Crippen molar-refractivity contribution in [1.29, 1.82) is 0 Å². The van der Waals surface area contributed by atoms with Crippen LogP contribution >= 0.6 is 0 Å². The zero-order chi connectivity index (χ0) is 13.0. The highest BCUT2D eigenvalue weighted by Gasteiger charge is 2.22. The van der Waals surface area contributed by atoms with Crippen LogP contribution in [0.25, 0.3) is 0 Å². The minimum Gasteiger partial charge on any atom is -0.510 e. The van der Waals surface area contributed by atoms with Gasteiger partial charge >= 0.3 is 6.09 Å². The molecule has 0 bridgehead atoms. The molecule has 1 heterocycles. The lowest BCUT2D eigenvalue weighted by atomic mass is 10.2. The Labute approximate surface area is 103 Å². The summed E-state index contributed by atoms with van der Waals surface area (Å²) >= 11 is 0. The predicted octanol–water partition coefficient (Wildman–Crippen LogP) is 1.11. The van der Waals surface area contributed by atoms with Gasteiger partial charge in [0.1, 0.15) is 18.9 Å². The minimum atomic E-state index is -0.716. The van der Waals surface area contributed by atoms with E-state index in [1.54, 1.807) is 0 Å². The topological polar surface area (TPSA) is 78.9 Å². The van der Waals surface area contributed by atoms with Crippen molar-refractivity contribution in [3.63, 3.8) is 0 Å². The second-order valence-corrected chi connectivity index (χ2v) is 3.74. The zero-order valence-corrected chi connectivity index (χ0v) is 9.50. The summed E-state index contributed by atoms with van der Waals surface area (Å²) in [6.07, 6.45) is 0.299. The van der Waals surface area contributed by atoms with E-state index in [1.165, 1.54) is 0 Å². The van der Waals surface area contributed by atoms with Crippen molar-refractivity contribution in [2.24, 2.45) is 0 Å². The average molecular weight is 248 g/mol. The molecular weight excluding hydrogens is 236 g/mol. The fourth-order valence-electron chi connectivity index (χ4n) is 1.47. The van der Waals surface area contributed by atoms with E-state index in [4.69, 9.17) is 4.74 Å². The molecule has 0 radical (unpaired) electrons. The zero-order valence-electron chi connectivity index (χ0n) is 9.50. The molecule has 0 unspecified atom stereocenters. The lowest BCUT2D eigenvalue weighted by Gasteiger charge is -2.24. The highest BCUT2D eigenvalue weighted by atomic mass is 16.6. The van der Waals surface area contributed by atoms with Crippen LogP contribution in [-0.4, -0.2) is 28.7 Å². The van der Waals surface area contributed by atoms with Crippen molar-refractivity contribution in [3.8, 4) is 0 Å². The van der Waals surface area contributed by atoms with Gasteiger partial charge in [-0.25, -0.2) is 9.80 Å². The van der Waals surface area contributed by atoms with Crippen LogP contribution in [0.3, 0.4) is 0 Å². The van der Waals surface area contributed by atoms with E-state index < -0.39 is 12.0 Å². The number of ether oxygens (including phenoxy) is 1. The Morgan fingerprint density at radius 3 is 2.78 bits per heavy atom. The van der Waals surface area contributed by atoms with Gasteiger partial charge < -0.3 is 9.84 Å². The van der Waals surface area contributed by atoms with Gasteiger partial charge in [0.25, 0.3) is 5.91 Å². The third kappa shape index (κ3) is 3.00. The molecule has 94 valence electrons. The van der Waals surface area contributed by atoms with Crippen LogP contribution in [0.5, 0.6) is 0 Å². The second kappa shape index (κ2) is 5.22. The Balaban J connectivity index is 1.89. The Hall–Kier alpha value is -2.50. The van der Waals surface area contributed by atoms with E-state index >= 15 is 0 Å². The number of benzene rings is 1. The first-order chi connectivity index (χ1) is 8.65. The molecule has 6 heteroatoms. The molecule has 0 saturated carbocycles. The van der Waals surface area contributed by atoms with Gasteiger partial charge in [0.15, 0.2) is 0 Å². The van der Waals surface area contributed by atoms with Crippen LogP contribution in [0, 0.1) is 0 Å². The molecule has 1 aliphatic rings. The molecule has 1 aromatic carbocycles. The third-order valence-electron chi connectivity index (χ3n) is 2.29. The van der Waals surface area contributed by atoms with E-state index in [2.05, 4.69) is 5.43 Å². The number of aliphatic hydroxyl groups excluding tert-OH is 1. The van der Waals surface area contributed by atoms with Gasteiger partial charge in [-0.1, -0.05) is 30.3 Å². The molecule has 6 nitrogen and oxygen atoms in total. The summed E-state index contributed by atoms with van der Waals surface area (Å²) in [4.78, 5) is 22.7. The monoisotopic (exact) mass is 248 g/mol. The molecule has 2 amide bonds. The molecular formula is C12H12N2O4. The van der Waals surface area contributed by atoms with Crippen LogP contribution in [0.4, 0.5) is 4.79 Å². The maximum absolute atomic E-state index is 11.6. The van der Waals surface area contributed by atoms with E-state index in [0.717, 1.165) is 16.6 Å². The van der Waals surface area contributed by atoms with Crippen molar-refractivity contribution < 1.29 is 19.4 Å². The van der Waals surface area contributed by atoms with Gasteiger partial charge in [-0.15, -0.1) is 0 Å². The number of hydrogen-bond donors (Lipinski definition) is 2. The highest BCUT2D eigenvalue weighted by Crippen LogP contribution is 2.05. The summed E-state index contributed by atoms with van der Waals surface area (Å²) in [5, 5.41) is 10.2. The Morgan fingerprint density at radius 1 is 1.39 bits per heavy atom. The maximum Gasteiger partial charge on any atom is 0.429 e. The molecule has 0 aliphatic carbocycles. The number of rotatable bonds is 2. The largest absolute Gasteiger partial charge is 0.510 e. The molecule has 0 saturated heterocycles. The Kier molecular flexibility index (Phi) is 3.47. The molecule has 1 aliphatic heterocycles. The number of carbonyl (C=O) groups is 2. The summed E-state index contributed by atoms with van der Waals surface area (Å²) in [6.45, 7) is 0.00980. The minimum absolute atomic E-state index is 0.0979. The van der Waals surface area contributed by atoms with Gasteiger partial charge in [0.05, 0.1) is 0 Å².